The van der Waals surface area contributed by atoms with Crippen LogP contribution in [-0.2, 0) is 11.2 Å². The zero-order valence-electron chi connectivity index (χ0n) is 19.9. The molecule has 1 rings (SSSR count). The molecular weight excluding hydrogens is 398 g/mol. The maximum atomic E-state index is 12.4. The van der Waals surface area contributed by atoms with Gasteiger partial charge < -0.3 is 15.8 Å². The molecule has 1 aromatic carbocycles. The lowest BCUT2D eigenvalue weighted by Crippen LogP contribution is -2.27. The maximum Gasteiger partial charge on any atom is 0.271 e. The van der Waals surface area contributed by atoms with E-state index in [-0.39, 0.29) is 5.70 Å². The molecule has 0 aliphatic carbocycles. The minimum absolute atomic E-state index is 0.0600. The Morgan fingerprint density at radius 1 is 1.28 bits per heavy atom. The number of hydrogen-bond acceptors (Lipinski definition) is 4. The molecule has 0 aliphatic heterocycles. The fourth-order valence-corrected chi connectivity index (χ4v) is 2.72. The average Bonchev–Trinajstić information content (AvgIpc) is 2.80. The van der Waals surface area contributed by atoms with E-state index in [1.165, 1.54) is 0 Å². The van der Waals surface area contributed by atoms with Gasteiger partial charge in [0.2, 0.25) is 0 Å². The zero-order valence-corrected chi connectivity index (χ0v) is 19.9. The van der Waals surface area contributed by atoms with E-state index < -0.39 is 5.91 Å². The third kappa shape index (κ3) is 8.26. The summed E-state index contributed by atoms with van der Waals surface area (Å²) < 4.78 is 5.42. The molecule has 3 N–H and O–H groups in total. The van der Waals surface area contributed by atoms with Gasteiger partial charge in [0.25, 0.3) is 5.91 Å². The molecule has 5 heteroatoms. The molecule has 0 saturated heterocycles. The number of benzene rings is 1. The van der Waals surface area contributed by atoms with Crippen LogP contribution in [0.25, 0.3) is 5.70 Å². The Balaban J connectivity index is 3.16. The molecule has 0 radical (unpaired) electrons. The lowest BCUT2D eigenvalue weighted by molar-refractivity contribution is -0.116. The van der Waals surface area contributed by atoms with Gasteiger partial charge in [-0.2, -0.15) is 0 Å². The summed E-state index contributed by atoms with van der Waals surface area (Å²) >= 11 is 0. The number of aliphatic imine (C=N–C) groups is 1. The Kier molecular flexibility index (Phi) is 11.3. The van der Waals surface area contributed by atoms with E-state index >= 15 is 0 Å². The highest BCUT2D eigenvalue weighted by Crippen LogP contribution is 2.25. The number of nitrogens with two attached hydrogens (primary N) is 1. The quantitative estimate of drug-likeness (QED) is 0.270. The molecule has 0 fully saturated rings. The molecule has 0 heterocycles. The molecule has 5 nitrogen and oxygen atoms in total. The first-order valence-corrected chi connectivity index (χ1v) is 10.6. The molecular formula is C27H35N3O2. The van der Waals surface area contributed by atoms with Crippen molar-refractivity contribution in [2.45, 2.75) is 40.5 Å². The lowest BCUT2D eigenvalue weighted by Gasteiger charge is -2.11. The van der Waals surface area contributed by atoms with E-state index in [4.69, 9.17) is 15.5 Å². The monoisotopic (exact) mass is 433 g/mol. The van der Waals surface area contributed by atoms with Crippen LogP contribution >= 0.6 is 0 Å². The van der Waals surface area contributed by atoms with Crippen LogP contribution < -0.4 is 15.8 Å². The molecule has 170 valence electrons. The predicted octanol–water partition coefficient (Wildman–Crippen LogP) is 5.63. The van der Waals surface area contributed by atoms with Crippen molar-refractivity contribution in [1.29, 1.82) is 0 Å². The Morgan fingerprint density at radius 2 is 2.00 bits per heavy atom. The van der Waals surface area contributed by atoms with Crippen LogP contribution in [0.3, 0.4) is 0 Å². The summed E-state index contributed by atoms with van der Waals surface area (Å²) in [6, 6.07) is 5.93. The largest absolute Gasteiger partial charge is 0.496 e. The van der Waals surface area contributed by atoms with Gasteiger partial charge in [-0.3, -0.25) is 9.79 Å². The average molecular weight is 434 g/mol. The number of rotatable bonds is 11. The minimum Gasteiger partial charge on any atom is -0.496 e. The fraction of sp³-hybridized carbons (Fsp3) is 0.259. The van der Waals surface area contributed by atoms with E-state index in [2.05, 4.69) is 25.4 Å². The molecule has 0 bridgehead atoms. The third-order valence-electron chi connectivity index (χ3n) is 4.72. The minimum atomic E-state index is -0.425. The van der Waals surface area contributed by atoms with Crippen molar-refractivity contribution in [1.82, 2.24) is 5.32 Å². The van der Waals surface area contributed by atoms with E-state index in [1.54, 1.807) is 25.3 Å². The van der Waals surface area contributed by atoms with Gasteiger partial charge in [0, 0.05) is 17.0 Å². The molecule has 0 aliphatic rings. The van der Waals surface area contributed by atoms with Crippen molar-refractivity contribution < 1.29 is 9.53 Å². The first-order valence-electron chi connectivity index (χ1n) is 10.6. The van der Waals surface area contributed by atoms with E-state index in [1.807, 2.05) is 57.2 Å². The second-order valence-electron chi connectivity index (χ2n) is 7.07. The van der Waals surface area contributed by atoms with Gasteiger partial charge in [-0.05, 0) is 68.7 Å². The molecule has 0 unspecified atom stereocenters. The molecule has 0 spiro atoms. The van der Waals surface area contributed by atoms with Crippen molar-refractivity contribution in [3.63, 3.8) is 0 Å². The van der Waals surface area contributed by atoms with Crippen LogP contribution in [0.15, 0.2) is 89.8 Å². The number of hydrogen-bond donors (Lipinski definition) is 2. The van der Waals surface area contributed by atoms with Crippen molar-refractivity contribution >= 4 is 17.3 Å². The number of nitrogens with zero attached hydrogens (tertiary/aromatic N) is 1. The zero-order chi connectivity index (χ0) is 24.1. The first kappa shape index (κ1) is 26.4. The van der Waals surface area contributed by atoms with Gasteiger partial charge in [0.1, 0.15) is 5.75 Å². The summed E-state index contributed by atoms with van der Waals surface area (Å²) in [7, 11) is 1.66. The van der Waals surface area contributed by atoms with Crippen molar-refractivity contribution in [3.8, 4) is 5.75 Å². The summed E-state index contributed by atoms with van der Waals surface area (Å²) in [5, 5.41) is 2.69. The van der Waals surface area contributed by atoms with Gasteiger partial charge >= 0.3 is 0 Å². The van der Waals surface area contributed by atoms with Crippen molar-refractivity contribution in [2.75, 3.05) is 7.11 Å². The molecule has 0 atom stereocenters. The van der Waals surface area contributed by atoms with Crippen LogP contribution in [0.2, 0.25) is 0 Å². The van der Waals surface area contributed by atoms with Crippen LogP contribution in [-0.4, -0.2) is 18.7 Å². The van der Waals surface area contributed by atoms with E-state index in [0.717, 1.165) is 34.6 Å². The van der Waals surface area contributed by atoms with Crippen LogP contribution in [0.4, 0.5) is 0 Å². The van der Waals surface area contributed by atoms with Crippen LogP contribution in [0.1, 0.15) is 45.2 Å². The van der Waals surface area contributed by atoms with E-state index in [9.17, 15) is 4.79 Å². The number of carbonyl (C=O) groups is 1. The number of nitrogens with one attached hydrogen (secondary N) is 1. The molecule has 32 heavy (non-hydrogen) atoms. The highest BCUT2D eigenvalue weighted by Gasteiger charge is 2.09. The first-order chi connectivity index (χ1) is 15.3. The van der Waals surface area contributed by atoms with Gasteiger partial charge in [-0.25, -0.2) is 0 Å². The predicted molar refractivity (Wildman–Crippen MR) is 136 cm³/mol. The Morgan fingerprint density at radius 3 is 2.56 bits per heavy atom. The smallest absolute Gasteiger partial charge is 0.271 e. The van der Waals surface area contributed by atoms with Gasteiger partial charge in [0.15, 0.2) is 0 Å². The number of methoxy groups -OCH3 is 1. The third-order valence-corrected chi connectivity index (χ3v) is 4.72. The van der Waals surface area contributed by atoms with Crippen molar-refractivity contribution in [3.05, 3.63) is 95.9 Å². The Hall–Kier alpha value is -3.60. The standard InChI is InChI=1S/C27H35N3O2/c1-8-12-25(22-15-16-26(32-7)21(10-3)17-22)30-23(11-4)18-24(28)27(31)29-20(6)14-13-19(5)9-2/h8-9,12-18H,1,6,10-11,28H2,2-5,7H3,(H,29,31)/b14-13-,19-9-,24-18-,25-12-,30-23+. The van der Waals surface area contributed by atoms with Gasteiger partial charge in [-0.15, -0.1) is 0 Å². The molecule has 0 aromatic heterocycles. The van der Waals surface area contributed by atoms with E-state index in [0.29, 0.717) is 17.8 Å². The maximum absolute atomic E-state index is 12.4. The number of ether oxygens (including phenoxy) is 1. The summed E-state index contributed by atoms with van der Waals surface area (Å²) in [5.41, 5.74) is 11.0. The highest BCUT2D eigenvalue weighted by atomic mass is 16.5. The summed E-state index contributed by atoms with van der Waals surface area (Å²) in [4.78, 5) is 17.2. The Labute approximate surface area is 192 Å². The molecule has 1 amide bonds. The van der Waals surface area contributed by atoms with Crippen LogP contribution in [0, 0.1) is 0 Å². The molecule has 1 aromatic rings. The normalized spacial score (nSPS) is 13.3. The summed E-state index contributed by atoms with van der Waals surface area (Å²) in [5.74, 6) is 0.416. The highest BCUT2D eigenvalue weighted by molar-refractivity contribution is 6.05. The number of aryl methyl sites for hydroxylation is 1. The number of carbonyl (C=O) groups excluding carboxylic acids is 1. The molecule has 0 saturated carbocycles. The lowest BCUT2D eigenvalue weighted by atomic mass is 10.0. The summed E-state index contributed by atoms with van der Waals surface area (Å²) in [6.45, 7) is 15.6. The summed E-state index contributed by atoms with van der Waals surface area (Å²) in [6.07, 6.45) is 12.1. The number of allylic oxidation sites excluding steroid dienone is 7. The van der Waals surface area contributed by atoms with Crippen LogP contribution in [0.5, 0.6) is 5.75 Å². The SMILES string of the molecule is C=C\C=C(/N=C(/C=C(\N)C(=O)NC(=C)/C=C\C(C)=C/C)CC)c1ccc(OC)c(CC)c1. The van der Waals surface area contributed by atoms with Gasteiger partial charge in [0.05, 0.1) is 18.5 Å². The fourth-order valence-electron chi connectivity index (χ4n) is 2.72. The second kappa shape index (κ2) is 13.7. The number of amides is 1. The Bertz CT molecular complexity index is 992. The second-order valence-corrected chi connectivity index (χ2v) is 7.07. The van der Waals surface area contributed by atoms with Crippen molar-refractivity contribution in [2.24, 2.45) is 10.7 Å². The van der Waals surface area contributed by atoms with Gasteiger partial charge in [-0.1, -0.05) is 50.8 Å². The topological polar surface area (TPSA) is 76.7 Å².